The number of hydrogen-bond acceptors (Lipinski definition) is 4. The van der Waals surface area contributed by atoms with Crippen LogP contribution in [0.15, 0.2) is 24.3 Å². The van der Waals surface area contributed by atoms with Crippen molar-refractivity contribution in [3.63, 3.8) is 0 Å². The van der Waals surface area contributed by atoms with Crippen molar-refractivity contribution in [1.82, 2.24) is 9.88 Å². The zero-order valence-corrected chi connectivity index (χ0v) is 20.8. The number of thiazole rings is 1. The summed E-state index contributed by atoms with van der Waals surface area (Å²) < 4.78 is 0. The third-order valence-corrected chi connectivity index (χ3v) is 7.07. The maximum absolute atomic E-state index is 13.3. The second kappa shape index (κ2) is 11.6. The molecule has 0 saturated carbocycles. The first-order valence-corrected chi connectivity index (χ1v) is 12.8. The fraction of sp³-hybridized carbons (Fsp3) is 0.577. The SMILES string of the molecule is Cc1nc(C)c(CC(=O)N2CCCCCCCN(C(=O)CC(C)C)c3ccccc3C2)s1. The topological polar surface area (TPSA) is 53.5 Å². The minimum Gasteiger partial charge on any atom is -0.338 e. The van der Waals surface area contributed by atoms with Crippen LogP contribution in [0.25, 0.3) is 0 Å². The van der Waals surface area contributed by atoms with Crippen molar-refractivity contribution in [2.75, 3.05) is 18.0 Å². The number of benzene rings is 1. The summed E-state index contributed by atoms with van der Waals surface area (Å²) in [7, 11) is 0. The third-order valence-electron chi connectivity index (χ3n) is 6.00. The molecule has 0 aliphatic carbocycles. The molecule has 0 radical (unpaired) electrons. The summed E-state index contributed by atoms with van der Waals surface area (Å²) in [5.74, 6) is 0.641. The van der Waals surface area contributed by atoms with Gasteiger partial charge in [-0.1, -0.05) is 51.3 Å². The van der Waals surface area contributed by atoms with Crippen LogP contribution in [0.4, 0.5) is 5.69 Å². The molecule has 1 aliphatic heterocycles. The number of nitrogens with zero attached hydrogens (tertiary/aromatic N) is 3. The van der Waals surface area contributed by atoms with Crippen LogP contribution >= 0.6 is 11.3 Å². The van der Waals surface area contributed by atoms with Crippen molar-refractivity contribution in [2.24, 2.45) is 5.92 Å². The normalized spacial score (nSPS) is 15.8. The Kier molecular flexibility index (Phi) is 8.85. The largest absolute Gasteiger partial charge is 0.338 e. The molecule has 5 nitrogen and oxygen atoms in total. The van der Waals surface area contributed by atoms with Crippen molar-refractivity contribution < 1.29 is 9.59 Å². The van der Waals surface area contributed by atoms with Gasteiger partial charge in [-0.15, -0.1) is 11.3 Å². The molecule has 32 heavy (non-hydrogen) atoms. The summed E-state index contributed by atoms with van der Waals surface area (Å²) in [5, 5.41) is 1.00. The van der Waals surface area contributed by atoms with E-state index >= 15 is 0 Å². The summed E-state index contributed by atoms with van der Waals surface area (Å²) in [6, 6.07) is 8.11. The number of aryl methyl sites for hydroxylation is 2. The number of carbonyl (C=O) groups is 2. The van der Waals surface area contributed by atoms with E-state index in [9.17, 15) is 9.59 Å². The Morgan fingerprint density at radius 1 is 1.00 bits per heavy atom. The molecular formula is C26H37N3O2S. The quantitative estimate of drug-likeness (QED) is 0.596. The van der Waals surface area contributed by atoms with Gasteiger partial charge in [-0.05, 0) is 44.2 Å². The van der Waals surface area contributed by atoms with E-state index < -0.39 is 0 Å². The first-order chi connectivity index (χ1) is 15.3. The highest BCUT2D eigenvalue weighted by molar-refractivity contribution is 7.11. The number of anilines is 1. The van der Waals surface area contributed by atoms with Crippen molar-refractivity contribution >= 4 is 28.8 Å². The molecule has 0 N–H and O–H groups in total. The Hall–Kier alpha value is -2.21. The second-order valence-electron chi connectivity index (χ2n) is 9.27. The number of para-hydroxylation sites is 1. The molecule has 2 aromatic rings. The molecule has 0 fully saturated rings. The van der Waals surface area contributed by atoms with Crippen LogP contribution in [-0.2, 0) is 22.6 Å². The number of aromatic nitrogens is 1. The second-order valence-corrected chi connectivity index (χ2v) is 10.6. The van der Waals surface area contributed by atoms with Crippen LogP contribution in [0.2, 0.25) is 0 Å². The smallest absolute Gasteiger partial charge is 0.228 e. The molecule has 0 spiro atoms. The Bertz CT molecular complexity index is 922. The van der Waals surface area contributed by atoms with Crippen LogP contribution in [0.1, 0.15) is 73.5 Å². The Balaban J connectivity index is 1.88. The predicted molar refractivity (Wildman–Crippen MR) is 132 cm³/mol. The van der Waals surface area contributed by atoms with Gasteiger partial charge in [0.15, 0.2) is 0 Å². The van der Waals surface area contributed by atoms with Gasteiger partial charge in [-0.2, -0.15) is 0 Å². The average Bonchev–Trinajstić information content (AvgIpc) is 3.04. The van der Waals surface area contributed by atoms with Crippen LogP contribution in [0, 0.1) is 19.8 Å². The summed E-state index contributed by atoms with van der Waals surface area (Å²) in [5.41, 5.74) is 2.97. The van der Waals surface area contributed by atoms with Crippen LogP contribution in [0.5, 0.6) is 0 Å². The average molecular weight is 456 g/mol. The number of fused-ring (bicyclic) bond motifs is 1. The molecule has 174 valence electrons. The van der Waals surface area contributed by atoms with Gasteiger partial charge in [-0.3, -0.25) is 9.59 Å². The Morgan fingerprint density at radius 3 is 2.38 bits per heavy atom. The van der Waals surface area contributed by atoms with E-state index in [0.29, 0.717) is 25.3 Å². The van der Waals surface area contributed by atoms with Gasteiger partial charge in [-0.25, -0.2) is 4.98 Å². The minimum atomic E-state index is 0.142. The Labute approximate surface area is 196 Å². The zero-order valence-electron chi connectivity index (χ0n) is 20.0. The van der Waals surface area contributed by atoms with E-state index in [1.165, 1.54) is 0 Å². The standard InChI is InChI=1S/C26H37N3O2S/c1-19(2)16-26(31)29-15-11-7-5-6-10-14-28(18-22-12-8-9-13-23(22)29)25(30)17-24-20(3)27-21(4)32-24/h8-9,12-13,19H,5-7,10-11,14-18H2,1-4H3. The fourth-order valence-electron chi connectivity index (χ4n) is 4.33. The monoisotopic (exact) mass is 455 g/mol. The van der Waals surface area contributed by atoms with Gasteiger partial charge in [0, 0.05) is 36.6 Å². The highest BCUT2D eigenvalue weighted by atomic mass is 32.1. The summed E-state index contributed by atoms with van der Waals surface area (Å²) in [6.07, 6.45) is 6.35. The number of hydrogen-bond donors (Lipinski definition) is 0. The zero-order chi connectivity index (χ0) is 23.1. The Morgan fingerprint density at radius 2 is 1.69 bits per heavy atom. The molecule has 1 aromatic heterocycles. The molecule has 2 heterocycles. The van der Waals surface area contributed by atoms with E-state index in [1.807, 2.05) is 41.8 Å². The van der Waals surface area contributed by atoms with E-state index in [2.05, 4.69) is 24.9 Å². The van der Waals surface area contributed by atoms with E-state index in [0.717, 1.165) is 72.0 Å². The van der Waals surface area contributed by atoms with Gasteiger partial charge in [0.1, 0.15) is 0 Å². The maximum Gasteiger partial charge on any atom is 0.228 e. The van der Waals surface area contributed by atoms with E-state index in [-0.39, 0.29) is 11.8 Å². The lowest BCUT2D eigenvalue weighted by Gasteiger charge is -2.30. The lowest BCUT2D eigenvalue weighted by Crippen LogP contribution is -2.36. The first-order valence-electron chi connectivity index (χ1n) is 11.9. The van der Waals surface area contributed by atoms with Gasteiger partial charge < -0.3 is 9.80 Å². The number of rotatable bonds is 4. The molecule has 0 unspecified atom stereocenters. The van der Waals surface area contributed by atoms with E-state index in [1.54, 1.807) is 11.3 Å². The lowest BCUT2D eigenvalue weighted by atomic mass is 10.0. The van der Waals surface area contributed by atoms with Crippen LogP contribution < -0.4 is 4.90 Å². The molecular weight excluding hydrogens is 418 g/mol. The third kappa shape index (κ3) is 6.64. The summed E-state index contributed by atoms with van der Waals surface area (Å²) in [6.45, 7) is 10.2. The van der Waals surface area contributed by atoms with Gasteiger partial charge in [0.2, 0.25) is 11.8 Å². The summed E-state index contributed by atoms with van der Waals surface area (Å²) >= 11 is 1.61. The molecule has 1 aliphatic rings. The number of amides is 2. The molecule has 0 bridgehead atoms. The number of carbonyl (C=O) groups excluding carboxylic acids is 2. The van der Waals surface area contributed by atoms with Gasteiger partial charge in [0.25, 0.3) is 0 Å². The molecule has 0 atom stereocenters. The summed E-state index contributed by atoms with van der Waals surface area (Å²) in [4.78, 5) is 36.0. The van der Waals surface area contributed by atoms with Crippen molar-refractivity contribution in [1.29, 1.82) is 0 Å². The van der Waals surface area contributed by atoms with Crippen molar-refractivity contribution in [3.05, 3.63) is 45.4 Å². The van der Waals surface area contributed by atoms with Crippen molar-refractivity contribution in [3.8, 4) is 0 Å². The highest BCUT2D eigenvalue weighted by Crippen LogP contribution is 2.26. The van der Waals surface area contributed by atoms with E-state index in [4.69, 9.17) is 0 Å². The maximum atomic E-state index is 13.3. The minimum absolute atomic E-state index is 0.142. The molecule has 6 heteroatoms. The van der Waals surface area contributed by atoms with Gasteiger partial charge in [0.05, 0.1) is 17.1 Å². The van der Waals surface area contributed by atoms with Crippen LogP contribution in [0.3, 0.4) is 0 Å². The molecule has 0 saturated heterocycles. The molecule has 1 aromatic carbocycles. The lowest BCUT2D eigenvalue weighted by molar-refractivity contribution is -0.131. The molecule has 3 rings (SSSR count). The van der Waals surface area contributed by atoms with Crippen molar-refractivity contribution in [2.45, 2.75) is 79.2 Å². The highest BCUT2D eigenvalue weighted by Gasteiger charge is 2.23. The van der Waals surface area contributed by atoms with Crippen LogP contribution in [-0.4, -0.2) is 34.8 Å². The van der Waals surface area contributed by atoms with Gasteiger partial charge >= 0.3 is 0 Å². The first kappa shape index (κ1) is 24.4. The molecule has 2 amide bonds. The fourth-order valence-corrected chi connectivity index (χ4v) is 5.26. The predicted octanol–water partition coefficient (Wildman–Crippen LogP) is 5.67.